The standard InChI is InChI=1S/C10H18O3/c1-6-4-7(5-11)9-8(6)12-10(2,3)13-9/h6-9,11H,4-5H2,1-3H3/t6?,7?,8-,9+/m0/s1. The fourth-order valence-corrected chi connectivity index (χ4v) is 2.55. The van der Waals surface area contributed by atoms with E-state index >= 15 is 0 Å². The lowest BCUT2D eigenvalue weighted by atomic mass is 10.1. The summed E-state index contributed by atoms with van der Waals surface area (Å²) in [5.41, 5.74) is 0. The van der Waals surface area contributed by atoms with E-state index in [2.05, 4.69) is 6.92 Å². The molecule has 2 aliphatic rings. The summed E-state index contributed by atoms with van der Waals surface area (Å²) in [6.07, 6.45) is 1.31. The predicted octanol–water partition coefficient (Wildman–Crippen LogP) is 1.15. The highest BCUT2D eigenvalue weighted by atomic mass is 16.8. The maximum atomic E-state index is 9.17. The topological polar surface area (TPSA) is 38.7 Å². The van der Waals surface area contributed by atoms with Gasteiger partial charge in [0.2, 0.25) is 0 Å². The van der Waals surface area contributed by atoms with Gasteiger partial charge in [-0.25, -0.2) is 0 Å². The van der Waals surface area contributed by atoms with Crippen molar-refractivity contribution in [1.82, 2.24) is 0 Å². The highest BCUT2D eigenvalue weighted by Gasteiger charge is 2.51. The van der Waals surface area contributed by atoms with Gasteiger partial charge in [0.25, 0.3) is 0 Å². The summed E-state index contributed by atoms with van der Waals surface area (Å²) < 4.78 is 11.5. The molecule has 0 aromatic carbocycles. The van der Waals surface area contributed by atoms with Gasteiger partial charge in [0.15, 0.2) is 5.79 Å². The van der Waals surface area contributed by atoms with E-state index in [4.69, 9.17) is 14.6 Å². The molecule has 0 spiro atoms. The highest BCUT2D eigenvalue weighted by Crippen LogP contribution is 2.44. The molecule has 0 amide bonds. The molecule has 1 saturated carbocycles. The molecule has 0 radical (unpaired) electrons. The second-order valence-electron chi connectivity index (χ2n) is 4.72. The molecular formula is C10H18O3. The first-order valence-electron chi connectivity index (χ1n) is 5.00. The molecule has 0 aromatic rings. The number of hydrogen-bond donors (Lipinski definition) is 1. The predicted molar refractivity (Wildman–Crippen MR) is 48.2 cm³/mol. The Hall–Kier alpha value is -0.120. The van der Waals surface area contributed by atoms with Gasteiger partial charge in [-0.3, -0.25) is 0 Å². The van der Waals surface area contributed by atoms with Crippen LogP contribution in [0.25, 0.3) is 0 Å². The molecule has 0 aromatic heterocycles. The quantitative estimate of drug-likeness (QED) is 0.667. The Kier molecular flexibility index (Phi) is 2.13. The Bertz CT molecular complexity index is 202. The molecule has 0 bridgehead atoms. The Morgan fingerprint density at radius 3 is 2.54 bits per heavy atom. The van der Waals surface area contributed by atoms with E-state index in [1.165, 1.54) is 0 Å². The summed E-state index contributed by atoms with van der Waals surface area (Å²) in [7, 11) is 0. The molecule has 76 valence electrons. The fourth-order valence-electron chi connectivity index (χ4n) is 2.55. The number of fused-ring (bicyclic) bond motifs is 1. The van der Waals surface area contributed by atoms with Gasteiger partial charge in [-0.15, -0.1) is 0 Å². The summed E-state index contributed by atoms with van der Waals surface area (Å²) in [6.45, 7) is 6.25. The fraction of sp³-hybridized carbons (Fsp3) is 1.00. The van der Waals surface area contributed by atoms with E-state index in [1.54, 1.807) is 0 Å². The van der Waals surface area contributed by atoms with Crippen molar-refractivity contribution in [3.63, 3.8) is 0 Å². The maximum absolute atomic E-state index is 9.17. The van der Waals surface area contributed by atoms with Crippen molar-refractivity contribution in [3.8, 4) is 0 Å². The molecule has 1 aliphatic carbocycles. The lowest BCUT2D eigenvalue weighted by molar-refractivity contribution is -0.162. The summed E-state index contributed by atoms with van der Waals surface area (Å²) in [6, 6.07) is 0. The van der Waals surface area contributed by atoms with Crippen LogP contribution in [0.4, 0.5) is 0 Å². The first-order valence-corrected chi connectivity index (χ1v) is 5.00. The molecule has 3 nitrogen and oxygen atoms in total. The van der Waals surface area contributed by atoms with Gasteiger partial charge in [-0.1, -0.05) is 6.92 Å². The van der Waals surface area contributed by atoms with E-state index < -0.39 is 5.79 Å². The van der Waals surface area contributed by atoms with Crippen molar-refractivity contribution < 1.29 is 14.6 Å². The first-order chi connectivity index (χ1) is 6.03. The van der Waals surface area contributed by atoms with Gasteiger partial charge < -0.3 is 14.6 Å². The van der Waals surface area contributed by atoms with Crippen LogP contribution in [0.1, 0.15) is 27.2 Å². The monoisotopic (exact) mass is 186 g/mol. The van der Waals surface area contributed by atoms with Gasteiger partial charge >= 0.3 is 0 Å². The Labute approximate surface area is 79.0 Å². The average molecular weight is 186 g/mol. The smallest absolute Gasteiger partial charge is 0.163 e. The van der Waals surface area contributed by atoms with E-state index in [9.17, 15) is 0 Å². The third-order valence-corrected chi connectivity index (χ3v) is 3.10. The van der Waals surface area contributed by atoms with Crippen LogP contribution >= 0.6 is 0 Å². The summed E-state index contributed by atoms with van der Waals surface area (Å²) in [5.74, 6) is 0.308. The van der Waals surface area contributed by atoms with Crippen molar-refractivity contribution in [2.24, 2.45) is 11.8 Å². The molecular weight excluding hydrogens is 168 g/mol. The Morgan fingerprint density at radius 2 is 1.92 bits per heavy atom. The third-order valence-electron chi connectivity index (χ3n) is 3.10. The lowest BCUT2D eigenvalue weighted by Gasteiger charge is -2.21. The van der Waals surface area contributed by atoms with Gasteiger partial charge in [0.05, 0.1) is 12.2 Å². The maximum Gasteiger partial charge on any atom is 0.163 e. The SMILES string of the molecule is CC1CC(CO)[C@H]2OC(C)(C)O[C@@H]12. The molecule has 2 rings (SSSR count). The van der Waals surface area contributed by atoms with Crippen LogP contribution in [0.15, 0.2) is 0 Å². The third kappa shape index (κ3) is 1.49. The highest BCUT2D eigenvalue weighted by molar-refractivity contribution is 4.96. The normalized spacial score (nSPS) is 48.0. The Balaban J connectivity index is 2.12. The van der Waals surface area contributed by atoms with Gasteiger partial charge in [0.1, 0.15) is 0 Å². The van der Waals surface area contributed by atoms with Gasteiger partial charge in [-0.05, 0) is 26.2 Å². The van der Waals surface area contributed by atoms with E-state index in [-0.39, 0.29) is 24.7 Å². The van der Waals surface area contributed by atoms with Crippen LogP contribution in [0.2, 0.25) is 0 Å². The molecule has 3 heteroatoms. The molecule has 13 heavy (non-hydrogen) atoms. The molecule has 2 fully saturated rings. The molecule has 1 aliphatic heterocycles. The number of aliphatic hydroxyl groups excluding tert-OH is 1. The summed E-state index contributed by atoms with van der Waals surface area (Å²) >= 11 is 0. The van der Waals surface area contributed by atoms with Crippen LogP contribution in [-0.4, -0.2) is 29.7 Å². The number of rotatable bonds is 1. The molecule has 4 atom stereocenters. The summed E-state index contributed by atoms with van der Waals surface area (Å²) in [5, 5.41) is 9.17. The molecule has 1 N–H and O–H groups in total. The van der Waals surface area contributed by atoms with Crippen molar-refractivity contribution >= 4 is 0 Å². The van der Waals surface area contributed by atoms with Crippen molar-refractivity contribution in [2.75, 3.05) is 6.61 Å². The minimum absolute atomic E-state index is 0.106. The van der Waals surface area contributed by atoms with Gasteiger partial charge in [-0.2, -0.15) is 0 Å². The van der Waals surface area contributed by atoms with Crippen LogP contribution in [0, 0.1) is 11.8 Å². The van der Waals surface area contributed by atoms with E-state index in [0.29, 0.717) is 5.92 Å². The van der Waals surface area contributed by atoms with Crippen molar-refractivity contribution in [1.29, 1.82) is 0 Å². The van der Waals surface area contributed by atoms with E-state index in [1.807, 2.05) is 13.8 Å². The summed E-state index contributed by atoms with van der Waals surface area (Å²) in [4.78, 5) is 0. The second kappa shape index (κ2) is 2.94. The number of ether oxygens (including phenoxy) is 2. The number of hydrogen-bond acceptors (Lipinski definition) is 3. The van der Waals surface area contributed by atoms with Crippen LogP contribution in [0.3, 0.4) is 0 Å². The van der Waals surface area contributed by atoms with Crippen molar-refractivity contribution in [2.45, 2.75) is 45.2 Å². The minimum atomic E-state index is -0.461. The molecule has 2 unspecified atom stereocenters. The second-order valence-corrected chi connectivity index (χ2v) is 4.72. The van der Waals surface area contributed by atoms with E-state index in [0.717, 1.165) is 6.42 Å². The van der Waals surface area contributed by atoms with Crippen LogP contribution in [0.5, 0.6) is 0 Å². The zero-order valence-electron chi connectivity index (χ0n) is 8.49. The van der Waals surface area contributed by atoms with Crippen LogP contribution in [-0.2, 0) is 9.47 Å². The minimum Gasteiger partial charge on any atom is -0.396 e. The zero-order chi connectivity index (χ0) is 9.64. The van der Waals surface area contributed by atoms with Gasteiger partial charge in [0, 0.05) is 12.5 Å². The largest absolute Gasteiger partial charge is 0.396 e. The molecule has 1 saturated heterocycles. The number of aliphatic hydroxyl groups is 1. The van der Waals surface area contributed by atoms with Crippen molar-refractivity contribution in [3.05, 3.63) is 0 Å². The Morgan fingerprint density at radius 1 is 1.31 bits per heavy atom. The average Bonchev–Trinajstić information content (AvgIpc) is 2.47. The molecule has 1 heterocycles. The van der Waals surface area contributed by atoms with Crippen LogP contribution < -0.4 is 0 Å². The zero-order valence-corrected chi connectivity index (χ0v) is 8.49. The lowest BCUT2D eigenvalue weighted by Crippen LogP contribution is -2.26. The first kappa shape index (κ1) is 9.44.